The summed E-state index contributed by atoms with van der Waals surface area (Å²) in [6.07, 6.45) is 7.47. The molecule has 0 N–H and O–H groups in total. The minimum absolute atomic E-state index is 0.279. The van der Waals surface area contributed by atoms with E-state index in [4.69, 9.17) is 18.8 Å². The molecular weight excluding hydrogens is 663 g/mol. The largest absolute Gasteiger partial charge is 0.456 e. The van der Waals surface area contributed by atoms with Gasteiger partial charge in [0.05, 0.1) is 17.3 Å². The molecule has 1 aliphatic heterocycles. The Morgan fingerprint density at radius 3 is 1.87 bits per heavy atom. The second kappa shape index (κ2) is 11.9. The van der Waals surface area contributed by atoms with E-state index in [-0.39, 0.29) is 5.92 Å². The van der Waals surface area contributed by atoms with Crippen molar-refractivity contribution in [3.05, 3.63) is 168 Å². The molecule has 1 unspecified atom stereocenters. The fraction of sp³-hybridized carbons (Fsp3) is 0.122. The quantitative estimate of drug-likeness (QED) is 0.180. The second-order valence-corrected chi connectivity index (χ2v) is 14.8. The minimum Gasteiger partial charge on any atom is -0.456 e. The number of para-hydroxylation sites is 2. The monoisotopic (exact) mass is 695 g/mol. The normalized spacial score (nSPS) is 19.5. The first kappa shape index (κ1) is 30.8. The van der Waals surface area contributed by atoms with Crippen molar-refractivity contribution in [1.82, 2.24) is 0 Å². The topological polar surface area (TPSA) is 74.8 Å². The zero-order chi connectivity index (χ0) is 35.8. The maximum Gasteiger partial charge on any atom is 0.155 e. The lowest BCUT2D eigenvalue weighted by Crippen LogP contribution is -2.11. The summed E-state index contributed by atoms with van der Waals surface area (Å²) in [5.74, 6) is 0.993. The zero-order valence-electron chi connectivity index (χ0n) is 29.4. The van der Waals surface area contributed by atoms with Crippen LogP contribution in [0.5, 0.6) is 0 Å². The number of hydrogen-bond acceptors (Lipinski definition) is 5. The molecule has 11 rings (SSSR count). The van der Waals surface area contributed by atoms with Gasteiger partial charge in [-0.2, -0.15) is 5.26 Å². The molecule has 0 saturated heterocycles. The van der Waals surface area contributed by atoms with Crippen LogP contribution < -0.4 is 0 Å². The molecule has 5 nitrogen and oxygen atoms in total. The lowest BCUT2D eigenvalue weighted by molar-refractivity contribution is 0.652. The Bertz CT molecular complexity index is 2890. The maximum atomic E-state index is 9.85. The number of hydrogen-bond donors (Lipinski definition) is 0. The van der Waals surface area contributed by atoms with Gasteiger partial charge in [-0.1, -0.05) is 84.9 Å². The average molecular weight is 696 g/mol. The second-order valence-electron chi connectivity index (χ2n) is 14.8. The number of nitriles is 1. The van der Waals surface area contributed by atoms with Crippen LogP contribution in [0.25, 0.3) is 66.1 Å². The standard InChI is InChI=1S/C49H33N3O2/c50-29-30-9-8-12-34(21-30)48-51-43(31-10-2-1-3-11-31)27-38-28-49(38,52-48)37-23-35(32-17-19-46-41(25-32)39-13-4-6-15-44(39)53-46)22-36(24-37)33-18-20-47-42(26-33)40-14-5-7-16-45(40)54-47/h1-7,10-26,38H,8-9,27-28H2/t38?,49-/m0/s1. The summed E-state index contributed by atoms with van der Waals surface area (Å²) in [4.78, 5) is 10.9. The first-order chi connectivity index (χ1) is 26.6. The molecular formula is C49H33N3O2. The fourth-order valence-corrected chi connectivity index (χ4v) is 8.64. The smallest absolute Gasteiger partial charge is 0.155 e. The van der Waals surface area contributed by atoms with Crippen LogP contribution in [0.1, 0.15) is 36.8 Å². The summed E-state index contributed by atoms with van der Waals surface area (Å²) in [5, 5.41) is 14.3. The van der Waals surface area contributed by atoms with Crippen LogP contribution in [-0.2, 0) is 5.54 Å². The molecule has 2 aliphatic carbocycles. The van der Waals surface area contributed by atoms with Crippen molar-refractivity contribution in [2.24, 2.45) is 15.9 Å². The number of benzene rings is 6. The van der Waals surface area contributed by atoms with Gasteiger partial charge < -0.3 is 8.83 Å². The predicted molar refractivity (Wildman–Crippen MR) is 218 cm³/mol. The summed E-state index contributed by atoms with van der Waals surface area (Å²) < 4.78 is 12.4. The number of aliphatic imine (C=N–C) groups is 2. The minimum atomic E-state index is -0.460. The third-order valence-corrected chi connectivity index (χ3v) is 11.5. The summed E-state index contributed by atoms with van der Waals surface area (Å²) >= 11 is 0. The highest BCUT2D eigenvalue weighted by Gasteiger charge is 2.57. The SMILES string of the molecule is N#CC1=CC(C2=N[C@]3(c4cc(-c5ccc6oc7ccccc7c6c5)cc(-c5ccc6oc7ccccc7c6c5)c4)CC3CC(c3ccccc3)=N2)=CCC1. The molecule has 256 valence electrons. The third kappa shape index (κ3) is 4.98. The van der Waals surface area contributed by atoms with E-state index in [2.05, 4.69) is 115 Å². The van der Waals surface area contributed by atoms with Crippen molar-refractivity contribution in [2.75, 3.05) is 0 Å². The van der Waals surface area contributed by atoms with Gasteiger partial charge in [0.1, 0.15) is 22.3 Å². The highest BCUT2D eigenvalue weighted by molar-refractivity contribution is 6.14. The molecule has 3 heterocycles. The molecule has 3 aliphatic rings. The first-order valence-corrected chi connectivity index (χ1v) is 18.6. The number of amidine groups is 1. The predicted octanol–water partition coefficient (Wildman–Crippen LogP) is 12.5. The lowest BCUT2D eigenvalue weighted by Gasteiger charge is -2.18. The highest BCUT2D eigenvalue weighted by atomic mass is 16.3. The van der Waals surface area contributed by atoms with Gasteiger partial charge in [0.25, 0.3) is 0 Å². The van der Waals surface area contributed by atoms with Gasteiger partial charge in [-0.25, -0.2) is 4.99 Å². The van der Waals surface area contributed by atoms with Crippen LogP contribution in [0.4, 0.5) is 0 Å². The number of furan rings is 2. The third-order valence-electron chi connectivity index (χ3n) is 11.5. The molecule has 0 bridgehead atoms. The van der Waals surface area contributed by atoms with Gasteiger partial charge in [-0.3, -0.25) is 4.99 Å². The zero-order valence-corrected chi connectivity index (χ0v) is 29.4. The molecule has 1 fully saturated rings. The fourth-order valence-electron chi connectivity index (χ4n) is 8.64. The first-order valence-electron chi connectivity index (χ1n) is 18.6. The summed E-state index contributed by atoms with van der Waals surface area (Å²) in [6, 6.07) is 49.4. The molecule has 0 amide bonds. The van der Waals surface area contributed by atoms with Gasteiger partial charge in [0, 0.05) is 32.7 Å². The van der Waals surface area contributed by atoms with Crippen LogP contribution in [0, 0.1) is 17.2 Å². The summed E-state index contributed by atoms with van der Waals surface area (Å²) in [5.41, 5.74) is 12.6. The van der Waals surface area contributed by atoms with Gasteiger partial charge in [0.2, 0.25) is 0 Å². The van der Waals surface area contributed by atoms with E-state index < -0.39 is 5.54 Å². The summed E-state index contributed by atoms with van der Waals surface area (Å²) in [7, 11) is 0. The molecule has 0 spiro atoms. The summed E-state index contributed by atoms with van der Waals surface area (Å²) in [6.45, 7) is 0. The Kier molecular flexibility index (Phi) is 6.78. The van der Waals surface area contributed by atoms with E-state index in [1.807, 2.05) is 36.4 Å². The van der Waals surface area contributed by atoms with E-state index in [0.717, 1.165) is 114 Å². The molecule has 1 saturated carbocycles. The number of allylic oxidation sites excluding steroid dienone is 2. The van der Waals surface area contributed by atoms with Crippen molar-refractivity contribution < 1.29 is 8.83 Å². The number of rotatable bonds is 5. The van der Waals surface area contributed by atoms with Gasteiger partial charge in [0.15, 0.2) is 5.84 Å². The van der Waals surface area contributed by atoms with Crippen molar-refractivity contribution in [3.8, 4) is 28.3 Å². The van der Waals surface area contributed by atoms with Crippen LogP contribution in [-0.4, -0.2) is 11.5 Å². The molecule has 6 aromatic carbocycles. The molecule has 2 atom stereocenters. The number of nitrogens with zero attached hydrogens (tertiary/aromatic N) is 3. The Balaban J connectivity index is 1.11. The van der Waals surface area contributed by atoms with Gasteiger partial charge in [-0.05, 0) is 126 Å². The highest BCUT2D eigenvalue weighted by Crippen LogP contribution is 2.60. The van der Waals surface area contributed by atoms with Crippen molar-refractivity contribution in [2.45, 2.75) is 31.2 Å². The van der Waals surface area contributed by atoms with Crippen LogP contribution in [0.2, 0.25) is 0 Å². The van der Waals surface area contributed by atoms with Crippen LogP contribution >= 0.6 is 0 Å². The van der Waals surface area contributed by atoms with Crippen LogP contribution in [0.3, 0.4) is 0 Å². The molecule has 2 aromatic heterocycles. The number of fused-ring (bicyclic) bond motifs is 7. The van der Waals surface area contributed by atoms with Crippen LogP contribution in [0.15, 0.2) is 176 Å². The average Bonchev–Trinajstić information content (AvgIpc) is 3.66. The maximum absolute atomic E-state index is 9.85. The van der Waals surface area contributed by atoms with Crippen molar-refractivity contribution >= 4 is 55.4 Å². The van der Waals surface area contributed by atoms with Gasteiger partial charge >= 0.3 is 0 Å². The Hall–Kier alpha value is -6.77. The van der Waals surface area contributed by atoms with E-state index in [0.29, 0.717) is 5.84 Å². The molecule has 54 heavy (non-hydrogen) atoms. The molecule has 8 aromatic rings. The van der Waals surface area contributed by atoms with E-state index >= 15 is 0 Å². The molecule has 0 radical (unpaired) electrons. The lowest BCUT2D eigenvalue weighted by atomic mass is 9.90. The Labute approximate surface area is 311 Å². The van der Waals surface area contributed by atoms with E-state index in [9.17, 15) is 5.26 Å². The Morgan fingerprint density at radius 2 is 1.22 bits per heavy atom. The van der Waals surface area contributed by atoms with Gasteiger partial charge in [-0.15, -0.1) is 0 Å². The molecule has 5 heteroatoms. The van der Waals surface area contributed by atoms with Crippen molar-refractivity contribution in [1.29, 1.82) is 5.26 Å². The Morgan fingerprint density at radius 1 is 0.611 bits per heavy atom. The van der Waals surface area contributed by atoms with E-state index in [1.165, 1.54) is 5.56 Å². The van der Waals surface area contributed by atoms with E-state index in [1.54, 1.807) is 0 Å². The van der Waals surface area contributed by atoms with Crippen molar-refractivity contribution in [3.63, 3.8) is 0 Å².